The van der Waals surface area contributed by atoms with Crippen LogP contribution in [0.4, 0.5) is 0 Å². The molecular formula is C34H48Cl2SiZr. The van der Waals surface area contributed by atoms with E-state index in [1.54, 1.807) is 0 Å². The first-order valence-electron chi connectivity index (χ1n) is 14.0. The van der Waals surface area contributed by atoms with E-state index in [2.05, 4.69) is 105 Å². The fourth-order valence-corrected chi connectivity index (χ4v) is 4.99. The number of hydrogen-bond donors (Lipinski definition) is 0. The second kappa shape index (κ2) is 18.6. The van der Waals surface area contributed by atoms with Crippen molar-refractivity contribution in [3.63, 3.8) is 0 Å². The van der Waals surface area contributed by atoms with Crippen molar-refractivity contribution in [3.05, 3.63) is 80.9 Å². The number of fused-ring (bicyclic) bond motifs is 2. The molecule has 0 atom stereocenters. The second-order valence-corrected chi connectivity index (χ2v) is 15.1. The Bertz CT molecular complexity index is 1150. The Morgan fingerprint density at radius 3 is 1.26 bits per heavy atom. The number of unbranched alkanes of at least 4 members (excludes halogenated alkanes) is 2. The van der Waals surface area contributed by atoms with E-state index in [4.69, 9.17) is 17.0 Å². The van der Waals surface area contributed by atoms with E-state index in [-0.39, 0.29) is 0 Å². The van der Waals surface area contributed by atoms with Crippen LogP contribution in [0.2, 0.25) is 13.1 Å². The van der Waals surface area contributed by atoms with Crippen LogP contribution in [0, 0.1) is 41.5 Å². The van der Waals surface area contributed by atoms with E-state index in [1.165, 1.54) is 105 Å². The van der Waals surface area contributed by atoms with Crippen molar-refractivity contribution in [2.75, 3.05) is 0 Å². The molecule has 0 aliphatic heterocycles. The Morgan fingerprint density at radius 1 is 0.658 bits per heavy atom. The molecule has 0 nitrogen and oxygen atoms in total. The van der Waals surface area contributed by atoms with Crippen LogP contribution in [0.25, 0.3) is 21.5 Å². The third-order valence-electron chi connectivity index (χ3n) is 7.35. The zero-order valence-electron chi connectivity index (χ0n) is 25.5. The molecular weight excluding hydrogens is 599 g/mol. The Morgan fingerprint density at radius 2 is 0.974 bits per heavy atom. The van der Waals surface area contributed by atoms with E-state index in [0.717, 1.165) is 9.52 Å². The molecule has 0 amide bonds. The van der Waals surface area contributed by atoms with Crippen molar-refractivity contribution in [1.29, 1.82) is 0 Å². The van der Waals surface area contributed by atoms with Crippen LogP contribution < -0.4 is 0 Å². The molecule has 0 unspecified atom stereocenters. The van der Waals surface area contributed by atoms with E-state index < -0.39 is 20.8 Å². The molecule has 4 aromatic carbocycles. The van der Waals surface area contributed by atoms with Crippen LogP contribution in [0.5, 0.6) is 0 Å². The van der Waals surface area contributed by atoms with E-state index in [0.29, 0.717) is 0 Å². The van der Waals surface area contributed by atoms with E-state index >= 15 is 0 Å². The van der Waals surface area contributed by atoms with Crippen molar-refractivity contribution in [2.45, 2.75) is 107 Å². The van der Waals surface area contributed by atoms with Crippen LogP contribution in [0.15, 0.2) is 36.4 Å². The van der Waals surface area contributed by atoms with Crippen molar-refractivity contribution in [1.82, 2.24) is 0 Å². The molecule has 38 heavy (non-hydrogen) atoms. The molecule has 0 heterocycles. The summed E-state index contributed by atoms with van der Waals surface area (Å²) in [7, 11) is 11.0. The summed E-state index contributed by atoms with van der Waals surface area (Å²) in [4.78, 5) is 0. The molecule has 4 heteroatoms. The van der Waals surface area contributed by atoms with Gasteiger partial charge in [-0.15, -0.1) is 68.1 Å². The first-order chi connectivity index (χ1) is 18.1. The average Bonchev–Trinajstić information content (AvgIpc) is 3.36. The summed E-state index contributed by atoms with van der Waals surface area (Å²) in [6.07, 6.45) is 7.57. The molecule has 0 aromatic heterocycles. The van der Waals surface area contributed by atoms with Gasteiger partial charge in [0.25, 0.3) is 0 Å². The predicted molar refractivity (Wildman–Crippen MR) is 174 cm³/mol. The maximum atomic E-state index is 4.93. The third-order valence-corrected chi connectivity index (χ3v) is 7.35. The quantitative estimate of drug-likeness (QED) is 0.144. The Labute approximate surface area is 255 Å². The van der Waals surface area contributed by atoms with Gasteiger partial charge in [0.2, 0.25) is 0 Å². The maximum absolute atomic E-state index is 4.93. The monoisotopic (exact) mass is 644 g/mol. The van der Waals surface area contributed by atoms with Gasteiger partial charge in [-0.2, -0.15) is 11.1 Å². The normalized spacial score (nSPS) is 10.2. The third kappa shape index (κ3) is 9.76. The van der Waals surface area contributed by atoms with E-state index in [9.17, 15) is 0 Å². The molecule has 2 radical (unpaired) electrons. The number of aryl methyl sites for hydroxylation is 8. The van der Waals surface area contributed by atoms with Crippen molar-refractivity contribution >= 4 is 48.1 Å². The molecule has 206 valence electrons. The molecule has 0 fully saturated rings. The molecule has 0 spiro atoms. The summed E-state index contributed by atoms with van der Waals surface area (Å²) in [5.41, 5.74) is 11.7. The molecule has 0 aliphatic carbocycles. The van der Waals surface area contributed by atoms with Crippen LogP contribution in [-0.4, -0.2) is 9.52 Å². The SMILES string of the molecule is CCCCc1ccc(C)c2[cH-]c(C)c(C)c12.CCCCc1ccc(C)c2[cH-]c(C)c(C)c12.C[Si]C.[Cl][Zr+2][Cl]. The average molecular weight is 647 g/mol. The summed E-state index contributed by atoms with van der Waals surface area (Å²) >= 11 is -0.826. The summed E-state index contributed by atoms with van der Waals surface area (Å²) in [6.45, 7) is 22.2. The Kier molecular flexibility index (Phi) is 17.4. The standard InChI is InChI=1S/2C16H21.C2H6Si.2ClH.Zr/c2*1-5-6-7-14-9-8-11(2)15-10-12(3)13(4)16(14)15;1-3-2;;;/h2*8-10H,5-7H2,1-4H3;1-2H3;2*1H;/q2*-1;;;;+4/p-2. The van der Waals surface area contributed by atoms with Crippen LogP contribution in [0.1, 0.15) is 84.0 Å². The Balaban J connectivity index is 0.000000315. The summed E-state index contributed by atoms with van der Waals surface area (Å²) in [6, 6.07) is 13.9. The number of benzene rings is 2. The molecule has 0 N–H and O–H groups in total. The van der Waals surface area contributed by atoms with Crippen molar-refractivity contribution < 1.29 is 20.8 Å². The first kappa shape index (κ1) is 35.4. The van der Waals surface area contributed by atoms with Crippen LogP contribution >= 0.6 is 17.0 Å². The van der Waals surface area contributed by atoms with Gasteiger partial charge in [0.05, 0.1) is 0 Å². The number of rotatable bonds is 6. The van der Waals surface area contributed by atoms with Crippen molar-refractivity contribution in [2.24, 2.45) is 0 Å². The zero-order valence-corrected chi connectivity index (χ0v) is 30.4. The molecule has 0 saturated carbocycles. The summed E-state index contributed by atoms with van der Waals surface area (Å²) < 4.78 is 0. The predicted octanol–water partition coefficient (Wildman–Crippen LogP) is 11.8. The molecule has 4 aromatic rings. The van der Waals surface area contributed by atoms with E-state index in [1.807, 2.05) is 0 Å². The van der Waals surface area contributed by atoms with Gasteiger partial charge < -0.3 is 0 Å². The van der Waals surface area contributed by atoms with Gasteiger partial charge in [0.15, 0.2) is 0 Å². The summed E-state index contributed by atoms with van der Waals surface area (Å²) in [5, 5.41) is 5.96. The molecule has 0 saturated heterocycles. The van der Waals surface area contributed by atoms with Gasteiger partial charge in [0.1, 0.15) is 0 Å². The fourth-order valence-electron chi connectivity index (χ4n) is 4.99. The van der Waals surface area contributed by atoms with Gasteiger partial charge >= 0.3 is 37.9 Å². The van der Waals surface area contributed by atoms with Crippen LogP contribution in [-0.2, 0) is 33.7 Å². The van der Waals surface area contributed by atoms with Gasteiger partial charge in [-0.05, 0) is 12.8 Å². The number of hydrogen-bond acceptors (Lipinski definition) is 0. The Hall–Kier alpha value is -0.660. The molecule has 4 rings (SSSR count). The van der Waals surface area contributed by atoms with Crippen LogP contribution in [0.3, 0.4) is 0 Å². The zero-order chi connectivity index (χ0) is 28.8. The molecule has 0 aliphatic rings. The molecule has 0 bridgehead atoms. The van der Waals surface area contributed by atoms with Gasteiger partial charge in [0, 0.05) is 9.52 Å². The summed E-state index contributed by atoms with van der Waals surface area (Å²) in [5.74, 6) is 0. The number of halogens is 2. The second-order valence-electron chi connectivity index (χ2n) is 10.3. The van der Waals surface area contributed by atoms with Crippen molar-refractivity contribution in [3.8, 4) is 0 Å². The van der Waals surface area contributed by atoms with Gasteiger partial charge in [-0.25, -0.2) is 0 Å². The first-order valence-corrected chi connectivity index (χ1v) is 22.3. The minimum absolute atomic E-state index is 0.826. The topological polar surface area (TPSA) is 0 Å². The van der Waals surface area contributed by atoms with Gasteiger partial charge in [-0.3, -0.25) is 0 Å². The fraction of sp³-hybridized carbons (Fsp3) is 0.471. The minimum atomic E-state index is -0.826. The van der Waals surface area contributed by atoms with Gasteiger partial charge in [-0.1, -0.05) is 117 Å².